The normalized spacial score (nSPS) is 15.0. The van der Waals surface area contributed by atoms with Crippen LogP contribution < -0.4 is 15.5 Å². The number of tetrazole rings is 1. The molecule has 228 valence electrons. The van der Waals surface area contributed by atoms with Crippen LogP contribution in [0.3, 0.4) is 0 Å². The van der Waals surface area contributed by atoms with E-state index in [-0.39, 0.29) is 0 Å². The molecule has 0 spiro atoms. The summed E-state index contributed by atoms with van der Waals surface area (Å²) in [4.78, 5) is 20.9. The molecule has 0 saturated carbocycles. The van der Waals surface area contributed by atoms with Gasteiger partial charge in [0.1, 0.15) is 17.3 Å². The van der Waals surface area contributed by atoms with Gasteiger partial charge >= 0.3 is 11.6 Å². The summed E-state index contributed by atoms with van der Waals surface area (Å²) in [6.45, 7) is 4.15. The number of alkyl halides is 2. The number of aromatic nitrogens is 5. The fourth-order valence-corrected chi connectivity index (χ4v) is 5.62. The van der Waals surface area contributed by atoms with Crippen LogP contribution in [0.25, 0.3) is 11.1 Å². The molecule has 2 aromatic heterocycles. The molecular weight excluding hydrogens is 588 g/mol. The molecule has 3 aromatic carbocycles. The van der Waals surface area contributed by atoms with Crippen LogP contribution in [0.2, 0.25) is 0 Å². The van der Waals surface area contributed by atoms with E-state index in [1.807, 2.05) is 53.6 Å². The van der Waals surface area contributed by atoms with Crippen LogP contribution in [-0.2, 0) is 11.5 Å². The number of rotatable bonds is 7. The fourth-order valence-electron chi connectivity index (χ4n) is 5.62. The summed E-state index contributed by atoms with van der Waals surface area (Å²) in [5.41, 5.74) is -1.22. The van der Waals surface area contributed by atoms with E-state index in [1.54, 1.807) is 0 Å². The van der Waals surface area contributed by atoms with Gasteiger partial charge in [0, 0.05) is 60.9 Å². The van der Waals surface area contributed by atoms with E-state index in [2.05, 4.69) is 31.3 Å². The van der Waals surface area contributed by atoms with Crippen LogP contribution in [0.15, 0.2) is 89.9 Å². The van der Waals surface area contributed by atoms with E-state index in [9.17, 15) is 13.6 Å². The Hall–Kier alpha value is -5.51. The van der Waals surface area contributed by atoms with Crippen LogP contribution in [0.5, 0.6) is 0 Å². The maximum absolute atomic E-state index is 16.3. The topological polar surface area (TPSA) is 107 Å². The zero-order valence-corrected chi connectivity index (χ0v) is 24.0. The highest BCUT2D eigenvalue weighted by Gasteiger charge is 2.58. The first-order valence-corrected chi connectivity index (χ1v) is 14.0. The zero-order chi connectivity index (χ0) is 31.8. The number of aromatic amines is 1. The number of halogens is 4. The van der Waals surface area contributed by atoms with E-state index < -0.39 is 40.0 Å². The molecule has 0 radical (unpaired) electrons. The molecule has 1 aliphatic heterocycles. The summed E-state index contributed by atoms with van der Waals surface area (Å²) in [6, 6.07) is 22.0. The summed E-state index contributed by atoms with van der Waals surface area (Å²) in [5, 5.41) is 17.7. The largest absolute Gasteiger partial charge is 0.368 e. The molecule has 3 heterocycles. The highest BCUT2D eigenvalue weighted by Crippen LogP contribution is 2.47. The third-order valence-corrected chi connectivity index (χ3v) is 8.25. The number of nitriles is 1. The van der Waals surface area contributed by atoms with Crippen LogP contribution in [0.1, 0.15) is 23.7 Å². The molecular formula is C32H26F4N8O. The van der Waals surface area contributed by atoms with E-state index in [1.165, 1.54) is 12.3 Å². The van der Waals surface area contributed by atoms with Crippen molar-refractivity contribution in [3.63, 3.8) is 0 Å². The SMILES string of the molecule is C[C@](c1ccc(F)cc1F)(n1nn[nH]c1=O)C(F)(F)c1ccc(-c2ccc(N3CCN(c4ccc(C#N)cc4)CC3)cc2)cn1. The lowest BCUT2D eigenvalue weighted by atomic mass is 9.83. The second-order valence-electron chi connectivity index (χ2n) is 10.8. The number of pyridine rings is 1. The maximum atomic E-state index is 16.3. The number of hydrogen-bond acceptors (Lipinski definition) is 7. The average molecular weight is 615 g/mol. The monoisotopic (exact) mass is 614 g/mol. The molecule has 1 saturated heterocycles. The first kappa shape index (κ1) is 29.6. The summed E-state index contributed by atoms with van der Waals surface area (Å²) >= 11 is 0. The van der Waals surface area contributed by atoms with Gasteiger partial charge in [-0.3, -0.25) is 4.98 Å². The standard InChI is InChI=1S/C32H26F4N8O/c1-31(44-30(45)39-40-41-44,27-12-7-24(33)18-28(27)34)32(35,36)29-13-6-23(20-38-29)22-4-10-26(11-5-22)43-16-14-42(15-17-43)25-8-2-21(19-37)3-9-25/h2-13,18,20H,14-17H2,1H3,(H,39,41,45)/t31-/m1/s1. The van der Waals surface area contributed by atoms with Crippen molar-refractivity contribution in [3.8, 4) is 17.2 Å². The predicted molar refractivity (Wildman–Crippen MR) is 159 cm³/mol. The number of hydrogen-bond donors (Lipinski definition) is 1. The van der Waals surface area contributed by atoms with Crippen molar-refractivity contribution in [2.75, 3.05) is 36.0 Å². The second-order valence-corrected chi connectivity index (χ2v) is 10.8. The summed E-state index contributed by atoms with van der Waals surface area (Å²) in [6.07, 6.45) is 1.28. The lowest BCUT2D eigenvalue weighted by Gasteiger charge is -2.37. The second kappa shape index (κ2) is 11.5. The molecule has 0 aliphatic carbocycles. The van der Waals surface area contributed by atoms with Gasteiger partial charge in [0.25, 0.3) is 0 Å². The Morgan fingerprint density at radius 2 is 1.44 bits per heavy atom. The Morgan fingerprint density at radius 3 is 1.96 bits per heavy atom. The van der Waals surface area contributed by atoms with Crippen molar-refractivity contribution in [2.24, 2.45) is 0 Å². The number of anilines is 2. The molecule has 1 aliphatic rings. The molecule has 45 heavy (non-hydrogen) atoms. The Balaban J connectivity index is 1.21. The quantitative estimate of drug-likeness (QED) is 0.256. The molecule has 9 nitrogen and oxygen atoms in total. The van der Waals surface area contributed by atoms with Crippen LogP contribution >= 0.6 is 0 Å². The van der Waals surface area contributed by atoms with Crippen LogP contribution in [0.4, 0.5) is 28.9 Å². The molecule has 6 rings (SSSR count). The molecule has 1 fully saturated rings. The van der Waals surface area contributed by atoms with Gasteiger partial charge in [0.2, 0.25) is 0 Å². The molecule has 1 atom stereocenters. The average Bonchev–Trinajstić information content (AvgIpc) is 3.51. The Kier molecular flexibility index (Phi) is 7.57. The summed E-state index contributed by atoms with van der Waals surface area (Å²) < 4.78 is 61.5. The summed E-state index contributed by atoms with van der Waals surface area (Å²) in [7, 11) is 0. The van der Waals surface area contributed by atoms with Crippen molar-refractivity contribution < 1.29 is 17.6 Å². The highest BCUT2D eigenvalue weighted by atomic mass is 19.3. The lowest BCUT2D eigenvalue weighted by molar-refractivity contribution is -0.104. The van der Waals surface area contributed by atoms with Crippen molar-refractivity contribution in [1.82, 2.24) is 25.2 Å². The molecule has 0 amide bonds. The van der Waals surface area contributed by atoms with Gasteiger partial charge < -0.3 is 9.80 Å². The van der Waals surface area contributed by atoms with Gasteiger partial charge in [-0.1, -0.05) is 24.3 Å². The minimum absolute atomic E-state index is 0.335. The van der Waals surface area contributed by atoms with Gasteiger partial charge in [-0.05, 0) is 71.4 Å². The highest BCUT2D eigenvalue weighted by molar-refractivity contribution is 5.66. The first-order chi connectivity index (χ1) is 21.6. The maximum Gasteiger partial charge on any atom is 0.362 e. The van der Waals surface area contributed by atoms with Crippen molar-refractivity contribution in [1.29, 1.82) is 5.26 Å². The Morgan fingerprint density at radius 1 is 0.844 bits per heavy atom. The van der Waals surface area contributed by atoms with Crippen LogP contribution in [-0.4, -0.2) is 51.4 Å². The van der Waals surface area contributed by atoms with E-state index in [0.717, 1.165) is 68.2 Å². The van der Waals surface area contributed by atoms with Crippen molar-refractivity contribution in [3.05, 3.63) is 124 Å². The molecule has 0 bridgehead atoms. The minimum atomic E-state index is -3.99. The van der Waals surface area contributed by atoms with Gasteiger partial charge in [0.15, 0.2) is 5.54 Å². The smallest absolute Gasteiger partial charge is 0.362 e. The molecule has 0 unspecified atom stereocenters. The van der Waals surface area contributed by atoms with Gasteiger partial charge in [-0.25, -0.2) is 18.7 Å². The zero-order valence-electron chi connectivity index (χ0n) is 24.0. The minimum Gasteiger partial charge on any atom is -0.368 e. The van der Waals surface area contributed by atoms with Gasteiger partial charge in [0.05, 0.1) is 11.6 Å². The lowest BCUT2D eigenvalue weighted by Crippen LogP contribution is -2.52. The molecule has 13 heteroatoms. The van der Waals surface area contributed by atoms with Crippen molar-refractivity contribution in [2.45, 2.75) is 18.4 Å². The number of benzene rings is 3. The number of H-pyrrole nitrogens is 1. The van der Waals surface area contributed by atoms with E-state index >= 15 is 8.78 Å². The van der Waals surface area contributed by atoms with E-state index in [0.29, 0.717) is 21.9 Å². The predicted octanol–water partition coefficient (Wildman–Crippen LogP) is 5.06. The van der Waals surface area contributed by atoms with Crippen LogP contribution in [0, 0.1) is 23.0 Å². The number of nitrogens with one attached hydrogen (secondary N) is 1. The summed E-state index contributed by atoms with van der Waals surface area (Å²) in [5.74, 6) is -6.23. The number of piperazine rings is 1. The third-order valence-electron chi connectivity index (χ3n) is 8.25. The first-order valence-electron chi connectivity index (χ1n) is 14.0. The third kappa shape index (κ3) is 5.28. The molecule has 1 N–H and O–H groups in total. The van der Waals surface area contributed by atoms with Gasteiger partial charge in [-0.15, -0.1) is 0 Å². The Bertz CT molecular complexity index is 1910. The fraction of sp³-hybridized carbons (Fsp3) is 0.219. The Labute approximate surface area is 255 Å². The van der Waals surface area contributed by atoms with E-state index in [4.69, 9.17) is 5.26 Å². The van der Waals surface area contributed by atoms with Crippen molar-refractivity contribution >= 4 is 11.4 Å². The van der Waals surface area contributed by atoms with Gasteiger partial charge in [-0.2, -0.15) is 18.7 Å². The number of nitrogens with zero attached hydrogens (tertiary/aromatic N) is 7. The molecule has 5 aromatic rings.